The van der Waals surface area contributed by atoms with Crippen LogP contribution >= 0.6 is 0 Å². The van der Waals surface area contributed by atoms with Crippen LogP contribution in [0.4, 0.5) is 4.79 Å². The molecule has 1 unspecified atom stereocenters. The Labute approximate surface area is 123 Å². The Morgan fingerprint density at radius 3 is 2.76 bits per heavy atom. The number of morpholine rings is 1. The number of amides is 1. The number of carboxylic acid groups (broad SMARTS) is 1. The van der Waals surface area contributed by atoms with Crippen LogP contribution in [0.1, 0.15) is 5.56 Å². The van der Waals surface area contributed by atoms with Crippen LogP contribution in [-0.4, -0.2) is 56.9 Å². The summed E-state index contributed by atoms with van der Waals surface area (Å²) in [7, 11) is -3.72. The molecule has 0 aromatic heterocycles. The molecule has 1 aliphatic heterocycles. The van der Waals surface area contributed by atoms with Crippen LogP contribution in [0, 0.1) is 0 Å². The summed E-state index contributed by atoms with van der Waals surface area (Å²) in [6, 6.07) is 8.70. The third-order valence-electron chi connectivity index (χ3n) is 3.03. The second kappa shape index (κ2) is 6.88. The van der Waals surface area contributed by atoms with Gasteiger partial charge in [-0.15, -0.1) is 0 Å². The van der Waals surface area contributed by atoms with Gasteiger partial charge in [0.2, 0.25) is 0 Å². The zero-order valence-electron chi connectivity index (χ0n) is 11.3. The lowest BCUT2D eigenvalue weighted by molar-refractivity contribution is -0.0402. The zero-order chi connectivity index (χ0) is 15.3. The van der Waals surface area contributed by atoms with Crippen molar-refractivity contribution in [2.45, 2.75) is 11.9 Å². The topological polar surface area (TPSA) is 93.1 Å². The van der Waals surface area contributed by atoms with Crippen LogP contribution in [0.5, 0.6) is 0 Å². The van der Waals surface area contributed by atoms with Crippen molar-refractivity contribution in [3.05, 3.63) is 35.9 Å². The van der Waals surface area contributed by atoms with Gasteiger partial charge in [-0.3, -0.25) is 4.18 Å². The fraction of sp³-hybridized carbons (Fsp3) is 0.462. The molecule has 0 saturated carbocycles. The first kappa shape index (κ1) is 15.7. The average molecular weight is 315 g/mol. The predicted octanol–water partition coefficient (Wildman–Crippen LogP) is 0.912. The van der Waals surface area contributed by atoms with Crippen LogP contribution in [-0.2, 0) is 24.8 Å². The summed E-state index contributed by atoms with van der Waals surface area (Å²) >= 11 is 0. The molecule has 1 N–H and O–H groups in total. The lowest BCUT2D eigenvalue weighted by atomic mass is 10.2. The molecular weight excluding hydrogens is 298 g/mol. The average Bonchev–Trinajstić information content (AvgIpc) is 2.46. The van der Waals surface area contributed by atoms with Gasteiger partial charge in [-0.2, -0.15) is 8.42 Å². The van der Waals surface area contributed by atoms with Gasteiger partial charge in [0.1, 0.15) is 11.9 Å². The molecule has 1 heterocycles. The van der Waals surface area contributed by atoms with Gasteiger partial charge in [0.15, 0.2) is 0 Å². The monoisotopic (exact) mass is 315 g/mol. The Bertz CT molecular complexity index is 574. The van der Waals surface area contributed by atoms with Crippen molar-refractivity contribution in [2.75, 3.05) is 26.3 Å². The van der Waals surface area contributed by atoms with Crippen LogP contribution in [0.3, 0.4) is 0 Å². The predicted molar refractivity (Wildman–Crippen MR) is 74.4 cm³/mol. The highest BCUT2D eigenvalue weighted by Gasteiger charge is 2.25. The first-order valence-electron chi connectivity index (χ1n) is 6.47. The van der Waals surface area contributed by atoms with Gasteiger partial charge in [0.25, 0.3) is 10.1 Å². The van der Waals surface area contributed by atoms with Gasteiger partial charge < -0.3 is 14.7 Å². The van der Waals surface area contributed by atoms with Gasteiger partial charge in [-0.25, -0.2) is 4.79 Å². The van der Waals surface area contributed by atoms with E-state index in [-0.39, 0.29) is 32.1 Å². The first-order chi connectivity index (χ1) is 9.96. The fourth-order valence-corrected chi connectivity index (χ4v) is 3.04. The van der Waals surface area contributed by atoms with Gasteiger partial charge in [-0.05, 0) is 5.56 Å². The molecule has 21 heavy (non-hydrogen) atoms. The number of carbonyl (C=O) groups is 1. The molecular formula is C13H17NO6S. The van der Waals surface area contributed by atoms with Crippen LogP contribution in [0.15, 0.2) is 30.3 Å². The van der Waals surface area contributed by atoms with E-state index in [0.717, 1.165) is 0 Å². The Morgan fingerprint density at radius 2 is 2.10 bits per heavy atom. The molecule has 8 heteroatoms. The van der Waals surface area contributed by atoms with Crippen molar-refractivity contribution in [3.8, 4) is 0 Å². The minimum atomic E-state index is -3.72. The van der Waals surface area contributed by atoms with Crippen molar-refractivity contribution >= 4 is 16.2 Å². The Balaban J connectivity index is 1.85. The summed E-state index contributed by atoms with van der Waals surface area (Å²) in [6.45, 7) is 0.441. The number of hydrogen-bond acceptors (Lipinski definition) is 5. The summed E-state index contributed by atoms with van der Waals surface area (Å²) in [4.78, 5) is 12.0. The Morgan fingerprint density at radius 1 is 1.38 bits per heavy atom. The van der Waals surface area contributed by atoms with Crippen molar-refractivity contribution in [3.63, 3.8) is 0 Å². The molecule has 0 radical (unpaired) electrons. The third-order valence-corrected chi connectivity index (χ3v) is 4.21. The minimum Gasteiger partial charge on any atom is -0.465 e. The molecule has 1 aromatic carbocycles. The highest BCUT2D eigenvalue weighted by molar-refractivity contribution is 7.85. The summed E-state index contributed by atoms with van der Waals surface area (Å²) in [5.74, 6) is -0.219. The minimum absolute atomic E-state index is 0.107. The molecule has 1 fully saturated rings. The maximum absolute atomic E-state index is 11.9. The summed E-state index contributed by atoms with van der Waals surface area (Å²) in [6.07, 6.45) is -1.61. The van der Waals surface area contributed by atoms with E-state index in [1.807, 2.05) is 0 Å². The number of benzene rings is 1. The van der Waals surface area contributed by atoms with E-state index in [9.17, 15) is 13.2 Å². The molecule has 116 valence electrons. The third kappa shape index (κ3) is 5.00. The molecule has 1 atom stereocenters. The van der Waals surface area contributed by atoms with Crippen LogP contribution in [0.2, 0.25) is 0 Å². The van der Waals surface area contributed by atoms with Crippen molar-refractivity contribution < 1.29 is 27.2 Å². The first-order valence-corrected chi connectivity index (χ1v) is 8.04. The fourth-order valence-electron chi connectivity index (χ4n) is 1.99. The van der Waals surface area contributed by atoms with Crippen molar-refractivity contribution in [1.29, 1.82) is 0 Å². The highest BCUT2D eigenvalue weighted by atomic mass is 32.2. The van der Waals surface area contributed by atoms with Gasteiger partial charge in [0, 0.05) is 6.54 Å². The van der Waals surface area contributed by atoms with Gasteiger partial charge in [-0.1, -0.05) is 30.3 Å². The molecule has 7 nitrogen and oxygen atoms in total. The quantitative estimate of drug-likeness (QED) is 0.812. The summed E-state index contributed by atoms with van der Waals surface area (Å²) in [5, 5.41) is 8.89. The van der Waals surface area contributed by atoms with E-state index >= 15 is 0 Å². The molecule has 1 aliphatic rings. The van der Waals surface area contributed by atoms with E-state index < -0.39 is 22.3 Å². The normalized spacial score (nSPS) is 19.4. The molecule has 1 aromatic rings. The Hall–Kier alpha value is -1.64. The second-order valence-corrected chi connectivity index (χ2v) is 6.33. The number of nitrogens with zero attached hydrogens (tertiary/aromatic N) is 1. The highest BCUT2D eigenvalue weighted by Crippen LogP contribution is 2.11. The number of hydrogen-bond donors (Lipinski definition) is 1. The number of rotatable bonds is 5. The number of ether oxygens (including phenoxy) is 1. The lowest BCUT2D eigenvalue weighted by Crippen LogP contribution is -2.46. The molecule has 0 spiro atoms. The van der Waals surface area contributed by atoms with Gasteiger partial charge >= 0.3 is 6.09 Å². The van der Waals surface area contributed by atoms with E-state index in [1.165, 1.54) is 4.90 Å². The van der Waals surface area contributed by atoms with Crippen molar-refractivity contribution in [1.82, 2.24) is 4.90 Å². The summed E-state index contributed by atoms with van der Waals surface area (Å²) < 4.78 is 33.9. The molecule has 0 aliphatic carbocycles. The van der Waals surface area contributed by atoms with Gasteiger partial charge in [0.05, 0.1) is 19.8 Å². The standard InChI is InChI=1S/C13H17NO6S/c15-13(16)14-6-7-19-12(8-14)9-20-21(17,18)10-11-4-2-1-3-5-11/h1-5,12H,6-10H2,(H,15,16). The van der Waals surface area contributed by atoms with E-state index in [4.69, 9.17) is 14.0 Å². The van der Waals surface area contributed by atoms with E-state index in [1.54, 1.807) is 30.3 Å². The van der Waals surface area contributed by atoms with E-state index in [0.29, 0.717) is 5.56 Å². The van der Waals surface area contributed by atoms with Crippen LogP contribution < -0.4 is 0 Å². The zero-order valence-corrected chi connectivity index (χ0v) is 12.2. The maximum atomic E-state index is 11.9. The smallest absolute Gasteiger partial charge is 0.407 e. The SMILES string of the molecule is O=C(O)N1CCOC(COS(=O)(=O)Cc2ccccc2)C1. The Kier molecular flexibility index (Phi) is 5.16. The largest absolute Gasteiger partial charge is 0.465 e. The van der Waals surface area contributed by atoms with Crippen molar-refractivity contribution in [2.24, 2.45) is 0 Å². The van der Waals surface area contributed by atoms with E-state index in [2.05, 4.69) is 0 Å². The maximum Gasteiger partial charge on any atom is 0.407 e. The van der Waals surface area contributed by atoms with Crippen LogP contribution in [0.25, 0.3) is 0 Å². The molecule has 1 amide bonds. The summed E-state index contributed by atoms with van der Waals surface area (Å²) in [5.41, 5.74) is 0.634. The molecule has 0 bridgehead atoms. The second-order valence-electron chi connectivity index (χ2n) is 4.69. The molecule has 1 saturated heterocycles. The lowest BCUT2D eigenvalue weighted by Gasteiger charge is -2.30. The molecule has 2 rings (SSSR count).